The van der Waals surface area contributed by atoms with Gasteiger partial charge in [-0.15, -0.1) is 11.3 Å². The number of rotatable bonds is 8. The van der Waals surface area contributed by atoms with Crippen molar-refractivity contribution in [2.75, 3.05) is 24.3 Å². The number of anilines is 2. The summed E-state index contributed by atoms with van der Waals surface area (Å²) >= 11 is 1.46. The van der Waals surface area contributed by atoms with Crippen LogP contribution in [0, 0.1) is 5.92 Å². The molecule has 1 atom stereocenters. The van der Waals surface area contributed by atoms with Crippen LogP contribution in [-0.4, -0.2) is 43.0 Å². The SMILES string of the molecule is CC(C)NC(=O)Nc1ccc(N(C)C)c(CN(C(=O)c2cccs2)[C@H](C)C(C)C)c1. The fourth-order valence-corrected chi connectivity index (χ4v) is 3.82. The monoisotopic (exact) mass is 430 g/mol. The number of benzene rings is 1. The van der Waals surface area contributed by atoms with Gasteiger partial charge in [-0.2, -0.15) is 0 Å². The summed E-state index contributed by atoms with van der Waals surface area (Å²) in [5.74, 6) is 0.349. The minimum absolute atomic E-state index is 0.0341. The summed E-state index contributed by atoms with van der Waals surface area (Å²) in [7, 11) is 3.96. The minimum atomic E-state index is -0.240. The van der Waals surface area contributed by atoms with Gasteiger partial charge in [-0.25, -0.2) is 4.79 Å². The van der Waals surface area contributed by atoms with Gasteiger partial charge in [0.2, 0.25) is 0 Å². The largest absolute Gasteiger partial charge is 0.377 e. The summed E-state index contributed by atoms with van der Waals surface area (Å²) in [5.41, 5.74) is 2.71. The molecule has 0 fully saturated rings. The van der Waals surface area contributed by atoms with E-state index in [0.29, 0.717) is 18.2 Å². The Bertz CT molecular complexity index is 847. The highest BCUT2D eigenvalue weighted by atomic mass is 32.1. The molecule has 0 saturated carbocycles. The van der Waals surface area contributed by atoms with E-state index in [2.05, 4.69) is 31.4 Å². The molecule has 164 valence electrons. The number of carbonyl (C=O) groups excluding carboxylic acids is 2. The molecule has 6 nitrogen and oxygen atoms in total. The molecule has 1 aromatic heterocycles. The van der Waals surface area contributed by atoms with E-state index in [9.17, 15) is 9.59 Å². The number of hydrogen-bond donors (Lipinski definition) is 2. The third-order valence-corrected chi connectivity index (χ3v) is 5.89. The summed E-state index contributed by atoms with van der Waals surface area (Å²) in [4.78, 5) is 30.1. The molecular formula is C23H34N4O2S. The Hall–Kier alpha value is -2.54. The van der Waals surface area contributed by atoms with Crippen molar-refractivity contribution in [1.29, 1.82) is 0 Å². The van der Waals surface area contributed by atoms with Crippen LogP contribution in [0.15, 0.2) is 35.7 Å². The van der Waals surface area contributed by atoms with Gasteiger partial charge in [0, 0.05) is 44.1 Å². The van der Waals surface area contributed by atoms with Gasteiger partial charge in [0.15, 0.2) is 0 Å². The molecular weight excluding hydrogens is 396 g/mol. The lowest BCUT2D eigenvalue weighted by Gasteiger charge is -2.33. The van der Waals surface area contributed by atoms with E-state index in [1.807, 2.05) is 73.5 Å². The molecule has 30 heavy (non-hydrogen) atoms. The van der Waals surface area contributed by atoms with Gasteiger partial charge in [-0.05, 0) is 61.9 Å². The van der Waals surface area contributed by atoms with Crippen LogP contribution in [0.3, 0.4) is 0 Å². The van der Waals surface area contributed by atoms with Crippen molar-refractivity contribution in [2.24, 2.45) is 5.92 Å². The van der Waals surface area contributed by atoms with Crippen LogP contribution in [0.2, 0.25) is 0 Å². The number of amides is 3. The Labute approximate surface area is 184 Å². The van der Waals surface area contributed by atoms with Gasteiger partial charge in [-0.3, -0.25) is 4.79 Å². The molecule has 0 aliphatic rings. The van der Waals surface area contributed by atoms with Crippen molar-refractivity contribution in [2.45, 2.75) is 53.2 Å². The number of thiophene rings is 1. The lowest BCUT2D eigenvalue weighted by Crippen LogP contribution is -2.41. The lowest BCUT2D eigenvalue weighted by atomic mass is 10.0. The molecule has 0 aliphatic heterocycles. The maximum Gasteiger partial charge on any atom is 0.319 e. The molecule has 0 radical (unpaired) electrons. The van der Waals surface area contributed by atoms with Crippen molar-refractivity contribution in [3.8, 4) is 0 Å². The van der Waals surface area contributed by atoms with Crippen LogP contribution >= 0.6 is 11.3 Å². The molecule has 0 aliphatic carbocycles. The minimum Gasteiger partial charge on any atom is -0.377 e. The maximum absolute atomic E-state index is 13.3. The van der Waals surface area contributed by atoms with Crippen molar-refractivity contribution in [1.82, 2.24) is 10.2 Å². The van der Waals surface area contributed by atoms with Crippen LogP contribution in [0.5, 0.6) is 0 Å². The smallest absolute Gasteiger partial charge is 0.319 e. The first-order chi connectivity index (χ1) is 14.1. The van der Waals surface area contributed by atoms with E-state index in [4.69, 9.17) is 0 Å². The second-order valence-corrected chi connectivity index (χ2v) is 9.33. The second-order valence-electron chi connectivity index (χ2n) is 8.39. The zero-order chi connectivity index (χ0) is 22.4. The Kier molecular flexibility index (Phi) is 8.29. The first-order valence-corrected chi connectivity index (χ1v) is 11.2. The summed E-state index contributed by atoms with van der Waals surface area (Å²) in [6.45, 7) is 10.6. The van der Waals surface area contributed by atoms with Crippen LogP contribution in [0.4, 0.5) is 16.2 Å². The molecule has 0 saturated heterocycles. The van der Waals surface area contributed by atoms with E-state index in [1.54, 1.807) is 0 Å². The van der Waals surface area contributed by atoms with Crippen molar-refractivity contribution in [3.05, 3.63) is 46.2 Å². The van der Waals surface area contributed by atoms with E-state index in [1.165, 1.54) is 11.3 Å². The topological polar surface area (TPSA) is 64.7 Å². The standard InChI is InChI=1S/C23H34N4O2S/c1-15(2)17(5)27(22(28)21-9-8-12-30-21)14-18-13-19(10-11-20(18)26(6)7)25-23(29)24-16(3)4/h8-13,15-17H,14H2,1-7H3,(H2,24,25,29)/t17-/m1/s1. The third-order valence-electron chi connectivity index (χ3n) is 5.03. The fraction of sp³-hybridized carbons (Fsp3) is 0.478. The molecule has 0 unspecified atom stereocenters. The third kappa shape index (κ3) is 6.23. The maximum atomic E-state index is 13.3. The first-order valence-electron chi connectivity index (χ1n) is 10.3. The highest BCUT2D eigenvalue weighted by Crippen LogP contribution is 2.27. The van der Waals surface area contributed by atoms with Crippen molar-refractivity contribution >= 4 is 34.6 Å². The molecule has 0 spiro atoms. The Morgan fingerprint density at radius 3 is 2.30 bits per heavy atom. The average Bonchev–Trinajstić information content (AvgIpc) is 3.18. The van der Waals surface area contributed by atoms with Gasteiger partial charge in [-0.1, -0.05) is 19.9 Å². The summed E-state index contributed by atoms with van der Waals surface area (Å²) < 4.78 is 0. The number of urea groups is 1. The van der Waals surface area contributed by atoms with Gasteiger partial charge < -0.3 is 20.4 Å². The summed E-state index contributed by atoms with van der Waals surface area (Å²) in [6.07, 6.45) is 0. The van der Waals surface area contributed by atoms with Gasteiger partial charge in [0.1, 0.15) is 0 Å². The molecule has 2 aromatic rings. The van der Waals surface area contributed by atoms with Crippen LogP contribution < -0.4 is 15.5 Å². The highest BCUT2D eigenvalue weighted by Gasteiger charge is 2.26. The first kappa shape index (κ1) is 23.7. The molecule has 2 N–H and O–H groups in total. The van der Waals surface area contributed by atoms with Crippen LogP contribution in [-0.2, 0) is 6.54 Å². The molecule has 1 aromatic carbocycles. The Morgan fingerprint density at radius 2 is 1.77 bits per heavy atom. The number of hydrogen-bond acceptors (Lipinski definition) is 4. The Morgan fingerprint density at radius 1 is 1.07 bits per heavy atom. The van der Waals surface area contributed by atoms with Crippen LogP contribution in [0.1, 0.15) is 49.9 Å². The molecule has 0 bridgehead atoms. The molecule has 2 rings (SSSR count). The van der Waals surface area contributed by atoms with Gasteiger partial charge in [0.25, 0.3) is 5.91 Å². The molecule has 3 amide bonds. The van der Waals surface area contributed by atoms with Crippen molar-refractivity contribution < 1.29 is 9.59 Å². The van der Waals surface area contributed by atoms with Gasteiger partial charge >= 0.3 is 6.03 Å². The average molecular weight is 431 g/mol. The highest BCUT2D eigenvalue weighted by molar-refractivity contribution is 7.12. The van der Waals surface area contributed by atoms with E-state index in [-0.39, 0.29) is 24.0 Å². The molecule has 1 heterocycles. The number of carbonyl (C=O) groups is 2. The van der Waals surface area contributed by atoms with E-state index >= 15 is 0 Å². The summed E-state index contributed by atoms with van der Waals surface area (Å²) in [5, 5.41) is 7.65. The second kappa shape index (κ2) is 10.5. The number of nitrogens with one attached hydrogen (secondary N) is 2. The zero-order valence-corrected chi connectivity index (χ0v) is 19.8. The molecule has 7 heteroatoms. The normalized spacial score (nSPS) is 12.0. The summed E-state index contributed by atoms with van der Waals surface area (Å²) in [6, 6.07) is 9.47. The van der Waals surface area contributed by atoms with E-state index in [0.717, 1.165) is 16.1 Å². The van der Waals surface area contributed by atoms with Gasteiger partial charge in [0.05, 0.1) is 4.88 Å². The predicted molar refractivity (Wildman–Crippen MR) is 127 cm³/mol. The predicted octanol–water partition coefficient (Wildman–Crippen LogP) is 5.03. The fourth-order valence-electron chi connectivity index (χ4n) is 3.14. The van der Waals surface area contributed by atoms with Crippen LogP contribution in [0.25, 0.3) is 0 Å². The number of nitrogens with zero attached hydrogens (tertiary/aromatic N) is 2. The zero-order valence-electron chi connectivity index (χ0n) is 19.0. The van der Waals surface area contributed by atoms with E-state index < -0.39 is 0 Å². The Balaban J connectivity index is 2.37. The lowest BCUT2D eigenvalue weighted by molar-refractivity contribution is 0.0633. The quantitative estimate of drug-likeness (QED) is 0.617. The van der Waals surface area contributed by atoms with Crippen molar-refractivity contribution in [3.63, 3.8) is 0 Å².